The first-order valence-corrected chi connectivity index (χ1v) is 7.21. The van der Waals surface area contributed by atoms with E-state index in [0.717, 1.165) is 0 Å². The molecule has 0 fully saturated rings. The van der Waals surface area contributed by atoms with E-state index >= 15 is 0 Å². The van der Waals surface area contributed by atoms with E-state index < -0.39 is 11.9 Å². The number of nitrogens with one attached hydrogen (secondary N) is 2. The van der Waals surface area contributed by atoms with Crippen LogP contribution in [0.2, 0.25) is 5.02 Å². The van der Waals surface area contributed by atoms with Crippen molar-refractivity contribution in [3.8, 4) is 11.5 Å². The molecule has 7 nitrogen and oxygen atoms in total. The maximum absolute atomic E-state index is 12.4. The summed E-state index contributed by atoms with van der Waals surface area (Å²) in [7, 11) is 2.95. The molecule has 0 saturated carbocycles. The number of rotatable bonds is 5. The fourth-order valence-corrected chi connectivity index (χ4v) is 2.27. The van der Waals surface area contributed by atoms with Crippen molar-refractivity contribution in [1.29, 1.82) is 0 Å². The molecule has 3 amide bonds. The molecule has 2 rings (SSSR count). The van der Waals surface area contributed by atoms with Gasteiger partial charge in [-0.25, -0.2) is 4.79 Å². The summed E-state index contributed by atoms with van der Waals surface area (Å²) in [5.41, 5.74) is 6.19. The van der Waals surface area contributed by atoms with Gasteiger partial charge in [-0.2, -0.15) is 0 Å². The van der Waals surface area contributed by atoms with Gasteiger partial charge < -0.3 is 25.8 Å². The molecule has 2 aromatic rings. The van der Waals surface area contributed by atoms with Crippen LogP contribution in [-0.2, 0) is 0 Å². The average molecular weight is 350 g/mol. The molecule has 0 aromatic heterocycles. The second kappa shape index (κ2) is 7.56. The van der Waals surface area contributed by atoms with Crippen LogP contribution in [0.1, 0.15) is 10.4 Å². The predicted molar refractivity (Wildman–Crippen MR) is 92.2 cm³/mol. The number of halogens is 1. The van der Waals surface area contributed by atoms with Gasteiger partial charge in [0.25, 0.3) is 5.91 Å². The number of nitrogens with two attached hydrogens (primary N) is 1. The van der Waals surface area contributed by atoms with Crippen LogP contribution < -0.4 is 25.8 Å². The van der Waals surface area contributed by atoms with Gasteiger partial charge in [0.2, 0.25) is 0 Å². The van der Waals surface area contributed by atoms with Crippen LogP contribution in [-0.4, -0.2) is 26.2 Å². The molecule has 0 saturated heterocycles. The van der Waals surface area contributed by atoms with Gasteiger partial charge in [-0.1, -0.05) is 17.7 Å². The van der Waals surface area contributed by atoms with Crippen molar-refractivity contribution in [3.05, 3.63) is 47.0 Å². The van der Waals surface area contributed by atoms with Crippen LogP contribution >= 0.6 is 11.6 Å². The number of benzene rings is 2. The number of hydrogen-bond acceptors (Lipinski definition) is 4. The van der Waals surface area contributed by atoms with Crippen molar-refractivity contribution in [3.63, 3.8) is 0 Å². The van der Waals surface area contributed by atoms with Crippen molar-refractivity contribution < 1.29 is 19.1 Å². The summed E-state index contributed by atoms with van der Waals surface area (Å²) >= 11 is 6.08. The lowest BCUT2D eigenvalue weighted by molar-refractivity contribution is 0.102. The van der Waals surface area contributed by atoms with E-state index in [0.29, 0.717) is 33.5 Å². The third-order valence-corrected chi connectivity index (χ3v) is 3.41. The van der Waals surface area contributed by atoms with Gasteiger partial charge >= 0.3 is 6.03 Å². The fourth-order valence-electron chi connectivity index (χ4n) is 2.03. The Bertz CT molecular complexity index is 780. The summed E-state index contributed by atoms with van der Waals surface area (Å²) in [4.78, 5) is 23.3. The first-order chi connectivity index (χ1) is 11.4. The molecule has 0 aliphatic rings. The summed E-state index contributed by atoms with van der Waals surface area (Å²) < 4.78 is 10.3. The zero-order valence-corrected chi connectivity index (χ0v) is 13.8. The first-order valence-electron chi connectivity index (χ1n) is 6.84. The molecular weight excluding hydrogens is 334 g/mol. The molecule has 126 valence electrons. The second-order valence-corrected chi connectivity index (χ2v) is 5.12. The Morgan fingerprint density at radius 3 is 2.38 bits per heavy atom. The van der Waals surface area contributed by atoms with Gasteiger partial charge in [-0.05, 0) is 24.3 Å². The number of anilines is 2. The number of methoxy groups -OCH3 is 2. The van der Waals surface area contributed by atoms with Crippen LogP contribution in [0.5, 0.6) is 11.5 Å². The van der Waals surface area contributed by atoms with E-state index in [1.54, 1.807) is 24.3 Å². The molecule has 0 aliphatic heterocycles. The minimum absolute atomic E-state index is 0.329. The fraction of sp³-hybridized carbons (Fsp3) is 0.125. The highest BCUT2D eigenvalue weighted by Crippen LogP contribution is 2.36. The molecule has 0 aliphatic carbocycles. The van der Waals surface area contributed by atoms with Crippen molar-refractivity contribution in [2.75, 3.05) is 24.9 Å². The third-order valence-electron chi connectivity index (χ3n) is 3.11. The zero-order valence-electron chi connectivity index (χ0n) is 13.1. The summed E-state index contributed by atoms with van der Waals surface area (Å²) in [5.74, 6) is 0.429. The smallest absolute Gasteiger partial charge is 0.316 e. The average Bonchev–Trinajstić information content (AvgIpc) is 2.54. The monoisotopic (exact) mass is 349 g/mol. The topological polar surface area (TPSA) is 103 Å². The predicted octanol–water partition coefficient (Wildman–Crippen LogP) is 3.10. The Morgan fingerprint density at radius 1 is 1.04 bits per heavy atom. The summed E-state index contributed by atoms with van der Waals surface area (Å²) in [6, 6.07) is 8.73. The normalized spacial score (nSPS) is 9.96. The van der Waals surface area contributed by atoms with Crippen molar-refractivity contribution in [2.24, 2.45) is 5.73 Å². The van der Waals surface area contributed by atoms with Gasteiger partial charge in [-0.15, -0.1) is 0 Å². The van der Waals surface area contributed by atoms with E-state index in [1.165, 1.54) is 26.4 Å². The molecule has 0 radical (unpaired) electrons. The molecule has 0 spiro atoms. The molecule has 24 heavy (non-hydrogen) atoms. The van der Waals surface area contributed by atoms with Crippen molar-refractivity contribution in [2.45, 2.75) is 0 Å². The Balaban J connectivity index is 2.26. The number of primary amides is 1. The van der Waals surface area contributed by atoms with Crippen LogP contribution in [0.15, 0.2) is 36.4 Å². The lowest BCUT2D eigenvalue weighted by Gasteiger charge is -2.13. The standard InChI is InChI=1S/C16H16ClN3O4/c1-23-13-8-14(24-2)12(7-11(13)17)20-15(21)9-4-3-5-10(6-9)19-16(18)22/h3-8H,1-2H3,(H,20,21)(H3,18,19,22). The van der Waals surface area contributed by atoms with E-state index in [2.05, 4.69) is 10.6 Å². The summed E-state index contributed by atoms with van der Waals surface area (Å²) in [6.07, 6.45) is 0. The second-order valence-electron chi connectivity index (χ2n) is 4.71. The number of carbonyl (C=O) groups is 2. The summed E-state index contributed by atoms with van der Waals surface area (Å²) in [5, 5.41) is 5.44. The van der Waals surface area contributed by atoms with Gasteiger partial charge in [0.1, 0.15) is 11.5 Å². The van der Waals surface area contributed by atoms with Gasteiger partial charge in [0.05, 0.1) is 24.9 Å². The highest BCUT2D eigenvalue weighted by atomic mass is 35.5. The molecule has 0 atom stereocenters. The number of carbonyl (C=O) groups excluding carboxylic acids is 2. The number of hydrogen-bond donors (Lipinski definition) is 3. The molecule has 0 unspecified atom stereocenters. The van der Waals surface area contributed by atoms with E-state index in [-0.39, 0.29) is 0 Å². The minimum Gasteiger partial charge on any atom is -0.495 e. The van der Waals surface area contributed by atoms with E-state index in [1.807, 2.05) is 0 Å². The third kappa shape index (κ3) is 4.08. The Morgan fingerprint density at radius 2 is 1.75 bits per heavy atom. The molecule has 2 aromatic carbocycles. The lowest BCUT2D eigenvalue weighted by Crippen LogP contribution is -2.20. The number of amides is 3. The van der Waals surface area contributed by atoms with Gasteiger partial charge in [0.15, 0.2) is 0 Å². The molecule has 0 heterocycles. The maximum atomic E-state index is 12.4. The van der Waals surface area contributed by atoms with Crippen LogP contribution in [0.4, 0.5) is 16.2 Å². The first kappa shape index (κ1) is 17.4. The molecular formula is C16H16ClN3O4. The van der Waals surface area contributed by atoms with Gasteiger partial charge in [-0.3, -0.25) is 4.79 Å². The quantitative estimate of drug-likeness (QED) is 0.771. The Kier molecular flexibility index (Phi) is 5.49. The van der Waals surface area contributed by atoms with Gasteiger partial charge in [0, 0.05) is 17.3 Å². The zero-order chi connectivity index (χ0) is 17.7. The van der Waals surface area contributed by atoms with Crippen LogP contribution in [0, 0.1) is 0 Å². The highest BCUT2D eigenvalue weighted by molar-refractivity contribution is 6.32. The molecule has 8 heteroatoms. The highest BCUT2D eigenvalue weighted by Gasteiger charge is 2.14. The Labute approximate surface area is 143 Å². The molecule has 4 N–H and O–H groups in total. The SMILES string of the molecule is COc1cc(OC)c(NC(=O)c2cccc(NC(N)=O)c2)cc1Cl. The minimum atomic E-state index is -0.712. The van der Waals surface area contributed by atoms with Crippen molar-refractivity contribution >= 4 is 34.9 Å². The summed E-state index contributed by atoms with van der Waals surface area (Å²) in [6.45, 7) is 0. The van der Waals surface area contributed by atoms with E-state index in [9.17, 15) is 9.59 Å². The van der Waals surface area contributed by atoms with Crippen molar-refractivity contribution in [1.82, 2.24) is 0 Å². The largest absolute Gasteiger partial charge is 0.495 e. The van der Waals surface area contributed by atoms with E-state index in [4.69, 9.17) is 26.8 Å². The number of urea groups is 1. The van der Waals surface area contributed by atoms with Crippen LogP contribution in [0.3, 0.4) is 0 Å². The number of ether oxygens (including phenoxy) is 2. The lowest BCUT2D eigenvalue weighted by atomic mass is 10.1. The maximum Gasteiger partial charge on any atom is 0.316 e. The Hall–Kier alpha value is -2.93. The van der Waals surface area contributed by atoms with Crippen LogP contribution in [0.25, 0.3) is 0 Å². The molecule has 0 bridgehead atoms.